The molecule has 0 spiro atoms. The van der Waals surface area contributed by atoms with Crippen LogP contribution in [-0.2, 0) is 9.59 Å². The maximum absolute atomic E-state index is 13.0. The zero-order chi connectivity index (χ0) is 21.8. The summed E-state index contributed by atoms with van der Waals surface area (Å²) < 4.78 is 0. The monoisotopic (exact) mass is 443 g/mol. The third-order valence-electron chi connectivity index (χ3n) is 4.95. The number of hydrogen-bond donors (Lipinski definition) is 1. The van der Waals surface area contributed by atoms with Gasteiger partial charge in [0.25, 0.3) is 11.8 Å². The van der Waals surface area contributed by atoms with Gasteiger partial charge in [-0.2, -0.15) is 0 Å². The van der Waals surface area contributed by atoms with Gasteiger partial charge in [-0.3, -0.25) is 14.5 Å². The number of benzene rings is 2. The number of carbonyl (C=O) groups excluding carboxylic acids is 2. The molecule has 0 aromatic heterocycles. The van der Waals surface area contributed by atoms with Gasteiger partial charge in [-0.15, -0.1) is 6.58 Å². The Balaban J connectivity index is 2.02. The fourth-order valence-corrected chi connectivity index (χ4v) is 3.92. The summed E-state index contributed by atoms with van der Waals surface area (Å²) in [5.41, 5.74) is 2.64. The van der Waals surface area contributed by atoms with Crippen molar-refractivity contribution in [1.29, 1.82) is 0 Å². The molecule has 1 N–H and O–H groups in total. The molecule has 0 radical (unpaired) electrons. The maximum atomic E-state index is 13.0. The molecule has 0 bridgehead atoms. The first kappa shape index (κ1) is 21.9. The molecular formula is C23H23Cl2N3O2. The summed E-state index contributed by atoms with van der Waals surface area (Å²) >= 11 is 12.4. The van der Waals surface area contributed by atoms with Crippen molar-refractivity contribution in [2.75, 3.05) is 29.9 Å². The van der Waals surface area contributed by atoms with Crippen molar-refractivity contribution >= 4 is 52.0 Å². The topological polar surface area (TPSA) is 52.7 Å². The van der Waals surface area contributed by atoms with E-state index in [-0.39, 0.29) is 17.8 Å². The molecule has 0 saturated carbocycles. The standard InChI is InChI=1S/C23H23Cl2N3O2/c1-4-13-28-22(29)20(18-12-7-15(24)14-19(18)25)21(23(28)30)26-16-8-10-17(11-9-16)27(5-2)6-3/h4,7-12,14,26H,1,5-6,13H2,2-3H3. The number of nitrogens with one attached hydrogen (secondary N) is 1. The predicted octanol–water partition coefficient (Wildman–Crippen LogP) is 5.22. The van der Waals surface area contributed by atoms with Crippen LogP contribution < -0.4 is 10.2 Å². The fourth-order valence-electron chi connectivity index (χ4n) is 3.42. The molecule has 0 unspecified atom stereocenters. The highest BCUT2D eigenvalue weighted by atomic mass is 35.5. The Morgan fingerprint density at radius 3 is 2.27 bits per heavy atom. The number of imide groups is 1. The molecule has 156 valence electrons. The van der Waals surface area contributed by atoms with Gasteiger partial charge in [0.05, 0.1) is 10.6 Å². The van der Waals surface area contributed by atoms with E-state index in [1.165, 1.54) is 6.08 Å². The van der Waals surface area contributed by atoms with Crippen LogP contribution in [0.3, 0.4) is 0 Å². The lowest BCUT2D eigenvalue weighted by molar-refractivity contribution is -0.136. The second-order valence-electron chi connectivity index (χ2n) is 6.73. The van der Waals surface area contributed by atoms with Crippen LogP contribution in [0, 0.1) is 0 Å². The zero-order valence-electron chi connectivity index (χ0n) is 16.9. The largest absolute Gasteiger partial charge is 0.372 e. The number of carbonyl (C=O) groups is 2. The van der Waals surface area contributed by atoms with E-state index in [2.05, 4.69) is 30.6 Å². The molecule has 1 aliphatic rings. The average molecular weight is 444 g/mol. The SMILES string of the molecule is C=CCN1C(=O)C(Nc2ccc(N(CC)CC)cc2)=C(c2ccc(Cl)cc2Cl)C1=O. The highest BCUT2D eigenvalue weighted by molar-refractivity contribution is 6.41. The average Bonchev–Trinajstić information content (AvgIpc) is 2.95. The number of anilines is 2. The van der Waals surface area contributed by atoms with Gasteiger partial charge in [-0.05, 0) is 50.2 Å². The van der Waals surface area contributed by atoms with Crippen LogP contribution in [0.15, 0.2) is 60.8 Å². The Bertz CT molecular complexity index is 1010. The third-order valence-corrected chi connectivity index (χ3v) is 5.49. The molecule has 0 saturated heterocycles. The molecule has 3 rings (SSSR count). The van der Waals surface area contributed by atoms with Crippen LogP contribution >= 0.6 is 23.2 Å². The van der Waals surface area contributed by atoms with E-state index in [9.17, 15) is 9.59 Å². The van der Waals surface area contributed by atoms with Gasteiger partial charge in [0.15, 0.2) is 0 Å². The van der Waals surface area contributed by atoms with Gasteiger partial charge < -0.3 is 10.2 Å². The summed E-state index contributed by atoms with van der Waals surface area (Å²) in [6.07, 6.45) is 1.51. The molecule has 1 aliphatic heterocycles. The van der Waals surface area contributed by atoms with E-state index in [1.54, 1.807) is 18.2 Å². The first-order valence-electron chi connectivity index (χ1n) is 9.70. The normalized spacial score (nSPS) is 13.8. The Labute approximate surface area is 186 Å². The minimum atomic E-state index is -0.425. The van der Waals surface area contributed by atoms with E-state index < -0.39 is 11.8 Å². The van der Waals surface area contributed by atoms with Gasteiger partial charge in [0.1, 0.15) is 5.70 Å². The molecule has 0 atom stereocenters. The van der Waals surface area contributed by atoms with Crippen molar-refractivity contribution in [1.82, 2.24) is 4.90 Å². The van der Waals surface area contributed by atoms with Gasteiger partial charge in [-0.1, -0.05) is 35.3 Å². The number of nitrogens with zero attached hydrogens (tertiary/aromatic N) is 2. The molecular weight excluding hydrogens is 421 g/mol. The van der Waals surface area contributed by atoms with Crippen molar-refractivity contribution in [2.45, 2.75) is 13.8 Å². The Morgan fingerprint density at radius 2 is 1.70 bits per heavy atom. The van der Waals surface area contributed by atoms with E-state index in [4.69, 9.17) is 23.2 Å². The molecule has 30 heavy (non-hydrogen) atoms. The molecule has 5 nitrogen and oxygen atoms in total. The lowest BCUT2D eigenvalue weighted by Crippen LogP contribution is -2.32. The maximum Gasteiger partial charge on any atom is 0.278 e. The van der Waals surface area contributed by atoms with Crippen LogP contribution in [0.25, 0.3) is 5.57 Å². The first-order valence-corrected chi connectivity index (χ1v) is 10.5. The molecule has 7 heteroatoms. The Hall–Kier alpha value is -2.76. The van der Waals surface area contributed by atoms with E-state index in [0.717, 1.165) is 23.7 Å². The van der Waals surface area contributed by atoms with Crippen LogP contribution in [0.2, 0.25) is 10.0 Å². The Morgan fingerprint density at radius 1 is 1.03 bits per heavy atom. The number of amides is 2. The first-order chi connectivity index (χ1) is 14.4. The molecule has 0 fully saturated rings. The number of rotatable bonds is 8. The second-order valence-corrected chi connectivity index (χ2v) is 7.57. The zero-order valence-corrected chi connectivity index (χ0v) is 18.4. The molecule has 2 amide bonds. The van der Waals surface area contributed by atoms with E-state index in [0.29, 0.717) is 21.3 Å². The van der Waals surface area contributed by atoms with Gasteiger partial charge in [0.2, 0.25) is 0 Å². The highest BCUT2D eigenvalue weighted by Gasteiger charge is 2.39. The predicted molar refractivity (Wildman–Crippen MR) is 124 cm³/mol. The molecule has 2 aromatic carbocycles. The van der Waals surface area contributed by atoms with Crippen LogP contribution in [0.4, 0.5) is 11.4 Å². The van der Waals surface area contributed by atoms with E-state index >= 15 is 0 Å². The summed E-state index contributed by atoms with van der Waals surface area (Å²) in [5.74, 6) is -0.847. The lowest BCUT2D eigenvalue weighted by atomic mass is 10.0. The van der Waals surface area contributed by atoms with Crippen molar-refractivity contribution in [2.24, 2.45) is 0 Å². The summed E-state index contributed by atoms with van der Waals surface area (Å²) in [6.45, 7) is 9.74. The van der Waals surface area contributed by atoms with Crippen molar-refractivity contribution < 1.29 is 9.59 Å². The van der Waals surface area contributed by atoms with Gasteiger partial charge in [0, 0.05) is 41.6 Å². The van der Waals surface area contributed by atoms with Gasteiger partial charge >= 0.3 is 0 Å². The minimum absolute atomic E-state index is 0.110. The summed E-state index contributed by atoms with van der Waals surface area (Å²) in [6, 6.07) is 12.6. The van der Waals surface area contributed by atoms with Crippen molar-refractivity contribution in [3.05, 3.63) is 76.4 Å². The van der Waals surface area contributed by atoms with Crippen molar-refractivity contribution in [3.8, 4) is 0 Å². The van der Waals surface area contributed by atoms with Crippen LogP contribution in [0.1, 0.15) is 19.4 Å². The molecule has 1 heterocycles. The van der Waals surface area contributed by atoms with Gasteiger partial charge in [-0.25, -0.2) is 0 Å². The quantitative estimate of drug-likeness (QED) is 0.448. The molecule has 2 aromatic rings. The molecule has 0 aliphatic carbocycles. The smallest absolute Gasteiger partial charge is 0.278 e. The summed E-state index contributed by atoms with van der Waals surface area (Å²) in [5, 5.41) is 3.88. The number of hydrogen-bond acceptors (Lipinski definition) is 4. The van der Waals surface area contributed by atoms with E-state index in [1.807, 2.05) is 24.3 Å². The Kier molecular flexibility index (Phi) is 6.85. The minimum Gasteiger partial charge on any atom is -0.372 e. The third kappa shape index (κ3) is 4.23. The summed E-state index contributed by atoms with van der Waals surface area (Å²) in [4.78, 5) is 29.4. The summed E-state index contributed by atoms with van der Waals surface area (Å²) in [7, 11) is 0. The lowest BCUT2D eigenvalue weighted by Gasteiger charge is -2.21. The highest BCUT2D eigenvalue weighted by Crippen LogP contribution is 2.35. The van der Waals surface area contributed by atoms with Crippen LogP contribution in [-0.4, -0.2) is 36.3 Å². The fraction of sp³-hybridized carbons (Fsp3) is 0.217. The van der Waals surface area contributed by atoms with Crippen LogP contribution in [0.5, 0.6) is 0 Å². The number of halogens is 2. The second kappa shape index (κ2) is 9.37. The van der Waals surface area contributed by atoms with Crippen molar-refractivity contribution in [3.63, 3.8) is 0 Å².